The monoisotopic (exact) mass is 230 g/mol. The Balaban J connectivity index is 2.14. The van der Waals surface area contributed by atoms with Crippen LogP contribution in [0.25, 0.3) is 0 Å². The van der Waals surface area contributed by atoms with E-state index >= 15 is 0 Å². The first-order valence-electron chi connectivity index (χ1n) is 6.09. The lowest BCUT2D eigenvalue weighted by Crippen LogP contribution is -2.43. The maximum atomic E-state index is 8.99. The quantitative estimate of drug-likeness (QED) is 0.799. The van der Waals surface area contributed by atoms with Crippen LogP contribution >= 0.6 is 0 Å². The van der Waals surface area contributed by atoms with Crippen LogP contribution in [0.1, 0.15) is 24.9 Å². The van der Waals surface area contributed by atoms with Crippen molar-refractivity contribution in [2.75, 3.05) is 19.7 Å². The summed E-state index contributed by atoms with van der Waals surface area (Å²) >= 11 is 0. The maximum absolute atomic E-state index is 8.99. The summed E-state index contributed by atoms with van der Waals surface area (Å²) in [6.45, 7) is 4.66. The van der Waals surface area contributed by atoms with Gasteiger partial charge in [-0.25, -0.2) is 0 Å². The van der Waals surface area contributed by atoms with Crippen LogP contribution in [0.2, 0.25) is 0 Å². The molecule has 1 aliphatic rings. The van der Waals surface area contributed by atoms with Gasteiger partial charge in [-0.15, -0.1) is 0 Å². The number of morpholine rings is 1. The van der Waals surface area contributed by atoms with Crippen molar-refractivity contribution in [2.45, 2.75) is 25.5 Å². The fraction of sp³-hybridized carbons (Fsp3) is 0.500. The van der Waals surface area contributed by atoms with Gasteiger partial charge in [0.2, 0.25) is 0 Å². The molecule has 2 rings (SSSR count). The third-order valence-corrected chi connectivity index (χ3v) is 3.18. The molecule has 0 amide bonds. The van der Waals surface area contributed by atoms with Gasteiger partial charge in [-0.05, 0) is 12.5 Å². The minimum Gasteiger partial charge on any atom is -0.376 e. The Labute approximate surface area is 103 Å². The van der Waals surface area contributed by atoms with Gasteiger partial charge in [0.15, 0.2) is 0 Å². The molecule has 17 heavy (non-hydrogen) atoms. The highest BCUT2D eigenvalue weighted by Crippen LogP contribution is 2.25. The van der Waals surface area contributed by atoms with Gasteiger partial charge in [-0.3, -0.25) is 4.90 Å². The molecule has 3 nitrogen and oxygen atoms in total. The van der Waals surface area contributed by atoms with Crippen LogP contribution < -0.4 is 0 Å². The molecule has 1 aliphatic heterocycles. The molecular weight excluding hydrogens is 212 g/mol. The second-order valence-corrected chi connectivity index (χ2v) is 4.47. The van der Waals surface area contributed by atoms with Crippen molar-refractivity contribution in [3.8, 4) is 6.07 Å². The zero-order chi connectivity index (χ0) is 12.1. The predicted molar refractivity (Wildman–Crippen MR) is 66.4 cm³/mol. The maximum Gasteiger partial charge on any atom is 0.0674 e. The Kier molecular flexibility index (Phi) is 4.13. The van der Waals surface area contributed by atoms with E-state index in [-0.39, 0.29) is 12.1 Å². The summed E-state index contributed by atoms with van der Waals surface area (Å²) in [6, 6.07) is 12.8. The lowest BCUT2D eigenvalue weighted by Gasteiger charge is -2.36. The van der Waals surface area contributed by atoms with E-state index in [9.17, 15) is 0 Å². The third kappa shape index (κ3) is 3.06. The molecule has 2 atom stereocenters. The van der Waals surface area contributed by atoms with E-state index in [2.05, 4.69) is 30.0 Å². The molecule has 0 radical (unpaired) electrons. The van der Waals surface area contributed by atoms with Crippen molar-refractivity contribution in [2.24, 2.45) is 0 Å². The first-order valence-corrected chi connectivity index (χ1v) is 6.09. The number of nitrogens with zero attached hydrogens (tertiary/aromatic N) is 2. The minimum atomic E-state index is 0.201. The van der Waals surface area contributed by atoms with E-state index in [0.29, 0.717) is 6.42 Å². The number of rotatable bonds is 3. The highest BCUT2D eigenvalue weighted by Gasteiger charge is 2.25. The Bertz CT molecular complexity index is 385. The molecule has 90 valence electrons. The van der Waals surface area contributed by atoms with Gasteiger partial charge in [-0.1, -0.05) is 30.3 Å². The van der Waals surface area contributed by atoms with Crippen molar-refractivity contribution in [1.82, 2.24) is 4.90 Å². The van der Waals surface area contributed by atoms with Gasteiger partial charge in [0.1, 0.15) is 0 Å². The number of hydrogen-bond acceptors (Lipinski definition) is 3. The van der Waals surface area contributed by atoms with Gasteiger partial charge in [-0.2, -0.15) is 5.26 Å². The van der Waals surface area contributed by atoms with Gasteiger partial charge in [0, 0.05) is 19.1 Å². The third-order valence-electron chi connectivity index (χ3n) is 3.18. The van der Waals surface area contributed by atoms with Gasteiger partial charge in [0.05, 0.1) is 25.2 Å². The molecule has 1 heterocycles. The van der Waals surface area contributed by atoms with E-state index < -0.39 is 0 Å². The highest BCUT2D eigenvalue weighted by atomic mass is 16.5. The predicted octanol–water partition coefficient (Wildman–Crippen LogP) is 2.36. The summed E-state index contributed by atoms with van der Waals surface area (Å²) in [4.78, 5) is 2.35. The fourth-order valence-electron chi connectivity index (χ4n) is 2.35. The highest BCUT2D eigenvalue weighted by molar-refractivity contribution is 5.20. The fourth-order valence-corrected chi connectivity index (χ4v) is 2.35. The van der Waals surface area contributed by atoms with Crippen LogP contribution in [0.15, 0.2) is 30.3 Å². The summed E-state index contributed by atoms with van der Waals surface area (Å²) in [6.07, 6.45) is 0.796. The average Bonchev–Trinajstić information content (AvgIpc) is 2.37. The van der Waals surface area contributed by atoms with Crippen molar-refractivity contribution in [3.63, 3.8) is 0 Å². The zero-order valence-corrected chi connectivity index (χ0v) is 10.2. The number of benzene rings is 1. The normalized spacial score (nSPS) is 22.9. The van der Waals surface area contributed by atoms with Gasteiger partial charge in [0.25, 0.3) is 0 Å². The molecular formula is C14H18N2O. The zero-order valence-electron chi connectivity index (χ0n) is 10.2. The molecule has 0 bridgehead atoms. The second-order valence-electron chi connectivity index (χ2n) is 4.47. The van der Waals surface area contributed by atoms with Gasteiger partial charge < -0.3 is 4.74 Å². The second kappa shape index (κ2) is 5.81. The van der Waals surface area contributed by atoms with Crippen molar-refractivity contribution < 1.29 is 4.74 Å². The van der Waals surface area contributed by atoms with E-state index in [1.54, 1.807) is 0 Å². The number of hydrogen-bond donors (Lipinski definition) is 0. The Morgan fingerprint density at radius 2 is 2.24 bits per heavy atom. The molecule has 0 aliphatic carbocycles. The standard InChI is InChI=1S/C14H18N2O/c1-12-11-16(9-10-17-12)14(7-8-15)13-5-3-2-4-6-13/h2-6,12,14H,7,9-11H2,1H3. The molecule has 1 aromatic rings. The summed E-state index contributed by atoms with van der Waals surface area (Å²) < 4.78 is 5.55. The molecule has 3 heteroatoms. The first-order chi connectivity index (χ1) is 8.31. The van der Waals surface area contributed by atoms with Crippen molar-refractivity contribution in [3.05, 3.63) is 35.9 Å². The Morgan fingerprint density at radius 3 is 2.88 bits per heavy atom. The molecule has 1 fully saturated rings. The summed E-state index contributed by atoms with van der Waals surface area (Å²) in [5.74, 6) is 0. The van der Waals surface area contributed by atoms with Crippen LogP contribution in [-0.4, -0.2) is 30.7 Å². The largest absolute Gasteiger partial charge is 0.376 e. The van der Waals surface area contributed by atoms with Gasteiger partial charge >= 0.3 is 0 Å². The number of ether oxygens (including phenoxy) is 1. The molecule has 1 aromatic carbocycles. The number of nitriles is 1. The molecule has 0 aromatic heterocycles. The lowest BCUT2D eigenvalue weighted by molar-refractivity contribution is -0.0340. The Morgan fingerprint density at radius 1 is 1.47 bits per heavy atom. The topological polar surface area (TPSA) is 36.3 Å². The molecule has 1 saturated heterocycles. The first kappa shape index (κ1) is 12.1. The van der Waals surface area contributed by atoms with Crippen molar-refractivity contribution in [1.29, 1.82) is 5.26 Å². The Hall–Kier alpha value is -1.37. The van der Waals surface area contributed by atoms with E-state index in [1.165, 1.54) is 5.56 Å². The SMILES string of the molecule is CC1CN(C(CC#N)c2ccccc2)CCO1. The molecule has 2 unspecified atom stereocenters. The summed E-state index contributed by atoms with van der Waals surface area (Å²) in [7, 11) is 0. The van der Waals surface area contributed by atoms with Crippen LogP contribution in [0.5, 0.6) is 0 Å². The van der Waals surface area contributed by atoms with E-state index in [0.717, 1.165) is 19.7 Å². The molecule has 0 spiro atoms. The molecule has 0 saturated carbocycles. The van der Waals surface area contributed by atoms with Crippen molar-refractivity contribution >= 4 is 0 Å². The van der Waals surface area contributed by atoms with Crippen LogP contribution in [0.4, 0.5) is 0 Å². The lowest BCUT2D eigenvalue weighted by atomic mass is 10.0. The minimum absolute atomic E-state index is 0.201. The van der Waals surface area contributed by atoms with Crippen LogP contribution in [0, 0.1) is 11.3 Å². The average molecular weight is 230 g/mol. The summed E-state index contributed by atoms with van der Waals surface area (Å²) in [5.41, 5.74) is 1.23. The van der Waals surface area contributed by atoms with Crippen LogP contribution in [0.3, 0.4) is 0 Å². The van der Waals surface area contributed by atoms with E-state index in [4.69, 9.17) is 10.00 Å². The summed E-state index contributed by atoms with van der Waals surface area (Å²) in [5, 5.41) is 8.99. The van der Waals surface area contributed by atoms with E-state index in [1.807, 2.05) is 18.2 Å². The smallest absolute Gasteiger partial charge is 0.0674 e. The van der Waals surface area contributed by atoms with Crippen LogP contribution in [-0.2, 0) is 4.74 Å². The molecule has 0 N–H and O–H groups in total.